The second kappa shape index (κ2) is 8.58. The Balaban J connectivity index is 1.19. The van der Waals surface area contributed by atoms with Crippen molar-refractivity contribution in [1.29, 1.82) is 0 Å². The molecule has 0 atom stereocenters. The molecule has 1 fully saturated rings. The maximum absolute atomic E-state index is 6.00. The van der Waals surface area contributed by atoms with E-state index in [1.165, 1.54) is 5.56 Å². The van der Waals surface area contributed by atoms with Crippen molar-refractivity contribution in [3.63, 3.8) is 0 Å². The van der Waals surface area contributed by atoms with Crippen molar-refractivity contribution in [1.82, 2.24) is 30.1 Å². The lowest BCUT2D eigenvalue weighted by atomic mass is 9.92. The molecule has 34 heavy (non-hydrogen) atoms. The molecule has 0 aliphatic carbocycles. The quantitative estimate of drug-likeness (QED) is 0.397. The summed E-state index contributed by atoms with van der Waals surface area (Å²) < 4.78 is 0. The van der Waals surface area contributed by atoms with Crippen LogP contribution in [0, 0.1) is 11.8 Å². The molecule has 0 saturated carbocycles. The van der Waals surface area contributed by atoms with Gasteiger partial charge in [0.15, 0.2) is 5.82 Å². The van der Waals surface area contributed by atoms with Gasteiger partial charge in [-0.15, -0.1) is 0 Å². The molecule has 0 radical (unpaired) electrons. The molecule has 164 valence electrons. The van der Waals surface area contributed by atoms with Crippen molar-refractivity contribution >= 4 is 28.5 Å². The van der Waals surface area contributed by atoms with Gasteiger partial charge >= 0.3 is 0 Å². The molecule has 0 spiro atoms. The normalized spacial score (nSPS) is 13.4. The van der Waals surface area contributed by atoms with Crippen molar-refractivity contribution in [2.24, 2.45) is 0 Å². The van der Waals surface area contributed by atoms with Crippen LogP contribution < -0.4 is 4.90 Å². The number of aromatic amines is 1. The van der Waals surface area contributed by atoms with E-state index < -0.39 is 0 Å². The lowest BCUT2D eigenvalue weighted by molar-refractivity contribution is 0.514. The highest BCUT2D eigenvalue weighted by molar-refractivity contribution is 6.30. The molecule has 4 heterocycles. The number of nitrogens with zero attached hydrogens (tertiary/aromatic N) is 6. The van der Waals surface area contributed by atoms with Crippen LogP contribution in [0.25, 0.3) is 22.4 Å². The average molecular weight is 464 g/mol. The Bertz CT molecular complexity index is 1540. The SMILES string of the molecule is Clc1ccc(C2CN(c3nccc(-c4nccc(C#Cc5ccc6[nH]ncc6c5)n4)n3)C2)cc1. The number of aromatic nitrogens is 6. The monoisotopic (exact) mass is 463 g/mol. The minimum absolute atomic E-state index is 0.445. The fourth-order valence-electron chi connectivity index (χ4n) is 3.92. The molecular weight excluding hydrogens is 446 g/mol. The molecule has 1 aliphatic heterocycles. The Kier molecular flexibility index (Phi) is 5.13. The summed E-state index contributed by atoms with van der Waals surface area (Å²) in [7, 11) is 0. The van der Waals surface area contributed by atoms with Crippen LogP contribution in [-0.2, 0) is 0 Å². The fourth-order valence-corrected chi connectivity index (χ4v) is 4.05. The van der Waals surface area contributed by atoms with Crippen molar-refractivity contribution in [3.05, 3.63) is 95.0 Å². The zero-order valence-corrected chi connectivity index (χ0v) is 18.7. The number of H-pyrrole nitrogens is 1. The van der Waals surface area contributed by atoms with Crippen LogP contribution in [0.1, 0.15) is 22.7 Å². The van der Waals surface area contributed by atoms with Crippen LogP contribution in [0.15, 0.2) is 73.2 Å². The largest absolute Gasteiger partial charge is 0.339 e. The highest BCUT2D eigenvalue weighted by Crippen LogP contribution is 2.30. The number of hydrogen-bond donors (Lipinski definition) is 1. The lowest BCUT2D eigenvalue weighted by Gasteiger charge is -2.39. The first-order valence-electron chi connectivity index (χ1n) is 10.8. The Morgan fingerprint density at radius 2 is 1.76 bits per heavy atom. The Hall–Kier alpha value is -4.28. The fraction of sp³-hybridized carbons (Fsp3) is 0.115. The molecule has 2 aromatic carbocycles. The van der Waals surface area contributed by atoms with Gasteiger partial charge in [0.25, 0.3) is 0 Å². The van der Waals surface area contributed by atoms with Crippen LogP contribution in [0.5, 0.6) is 0 Å². The summed E-state index contributed by atoms with van der Waals surface area (Å²) in [6, 6.07) is 17.5. The molecular formula is C26H18ClN7. The van der Waals surface area contributed by atoms with Gasteiger partial charge in [-0.3, -0.25) is 5.10 Å². The number of rotatable bonds is 3. The van der Waals surface area contributed by atoms with Gasteiger partial charge in [-0.05, 0) is 53.9 Å². The summed E-state index contributed by atoms with van der Waals surface area (Å²) >= 11 is 6.00. The van der Waals surface area contributed by atoms with Crippen LogP contribution in [0.4, 0.5) is 5.95 Å². The van der Waals surface area contributed by atoms with E-state index in [2.05, 4.69) is 54.0 Å². The van der Waals surface area contributed by atoms with E-state index in [1.54, 1.807) is 24.7 Å². The molecule has 6 rings (SSSR count). The number of halogens is 1. The van der Waals surface area contributed by atoms with Crippen LogP contribution >= 0.6 is 11.6 Å². The average Bonchev–Trinajstić information content (AvgIpc) is 3.31. The van der Waals surface area contributed by atoms with Gasteiger partial charge in [0.2, 0.25) is 5.95 Å². The Labute approximate surface area is 200 Å². The smallest absolute Gasteiger partial charge is 0.226 e. The van der Waals surface area contributed by atoms with Gasteiger partial charge in [-0.1, -0.05) is 29.7 Å². The van der Waals surface area contributed by atoms with Gasteiger partial charge < -0.3 is 4.90 Å². The number of anilines is 1. The van der Waals surface area contributed by atoms with E-state index >= 15 is 0 Å². The third kappa shape index (κ3) is 4.07. The minimum atomic E-state index is 0.445. The molecule has 1 aliphatic rings. The van der Waals surface area contributed by atoms with E-state index in [-0.39, 0.29) is 0 Å². The summed E-state index contributed by atoms with van der Waals surface area (Å²) in [5, 5.41) is 8.76. The van der Waals surface area contributed by atoms with Gasteiger partial charge in [-0.2, -0.15) is 5.10 Å². The first-order valence-corrected chi connectivity index (χ1v) is 11.2. The number of benzene rings is 2. The van der Waals surface area contributed by atoms with Gasteiger partial charge in [0.05, 0.1) is 11.7 Å². The minimum Gasteiger partial charge on any atom is -0.339 e. The van der Waals surface area contributed by atoms with Crippen molar-refractivity contribution < 1.29 is 0 Å². The maximum atomic E-state index is 6.00. The molecule has 5 aromatic rings. The van der Waals surface area contributed by atoms with Gasteiger partial charge in [0.1, 0.15) is 11.4 Å². The highest BCUT2D eigenvalue weighted by Gasteiger charge is 2.30. The van der Waals surface area contributed by atoms with E-state index in [9.17, 15) is 0 Å². The van der Waals surface area contributed by atoms with Crippen molar-refractivity contribution in [2.45, 2.75) is 5.92 Å². The van der Waals surface area contributed by atoms with E-state index in [1.807, 2.05) is 36.4 Å². The molecule has 0 unspecified atom stereocenters. The lowest BCUT2D eigenvalue weighted by Crippen LogP contribution is -2.46. The Morgan fingerprint density at radius 1 is 0.912 bits per heavy atom. The predicted molar refractivity (Wildman–Crippen MR) is 132 cm³/mol. The zero-order chi connectivity index (χ0) is 22.9. The zero-order valence-electron chi connectivity index (χ0n) is 18.0. The van der Waals surface area contributed by atoms with E-state index in [4.69, 9.17) is 16.6 Å². The van der Waals surface area contributed by atoms with Crippen LogP contribution in [-0.4, -0.2) is 43.2 Å². The molecule has 1 N–H and O–H groups in total. The maximum Gasteiger partial charge on any atom is 0.226 e. The third-order valence-corrected chi connectivity index (χ3v) is 6.06. The van der Waals surface area contributed by atoms with Gasteiger partial charge in [-0.25, -0.2) is 19.9 Å². The second-order valence-corrected chi connectivity index (χ2v) is 8.52. The number of nitrogens with one attached hydrogen (secondary N) is 1. The third-order valence-electron chi connectivity index (χ3n) is 5.81. The Morgan fingerprint density at radius 3 is 2.65 bits per heavy atom. The molecule has 0 bridgehead atoms. The van der Waals surface area contributed by atoms with Crippen molar-refractivity contribution in [2.75, 3.05) is 18.0 Å². The van der Waals surface area contributed by atoms with E-state index in [0.717, 1.165) is 34.6 Å². The molecule has 0 amide bonds. The summed E-state index contributed by atoms with van der Waals surface area (Å²) in [6.45, 7) is 1.72. The first-order chi connectivity index (χ1) is 16.7. The number of hydrogen-bond acceptors (Lipinski definition) is 6. The predicted octanol–water partition coefficient (Wildman–Crippen LogP) is 4.47. The summed E-state index contributed by atoms with van der Waals surface area (Å²) in [4.78, 5) is 20.3. The summed E-state index contributed by atoms with van der Waals surface area (Å²) in [6.07, 6.45) is 5.23. The number of fused-ring (bicyclic) bond motifs is 1. The first kappa shape index (κ1) is 20.3. The highest BCUT2D eigenvalue weighted by atomic mass is 35.5. The summed E-state index contributed by atoms with van der Waals surface area (Å²) in [5.74, 6) is 7.93. The molecule has 1 saturated heterocycles. The van der Waals surface area contributed by atoms with Gasteiger partial charge in [0, 0.05) is 47.4 Å². The molecule has 8 heteroatoms. The molecule has 7 nitrogen and oxygen atoms in total. The summed E-state index contributed by atoms with van der Waals surface area (Å²) in [5.41, 5.74) is 4.45. The molecule has 3 aromatic heterocycles. The standard InChI is InChI=1S/C26H18ClN7/c27-21-5-3-18(4-6-21)20-15-34(16-20)26-29-12-10-24(32-26)25-28-11-9-22(31-25)7-1-17-2-8-23-19(13-17)14-30-33-23/h2-6,8-14,20H,15-16H2,(H,30,33). The van der Waals surface area contributed by atoms with Crippen LogP contribution in [0.2, 0.25) is 5.02 Å². The second-order valence-electron chi connectivity index (χ2n) is 8.08. The topological polar surface area (TPSA) is 83.5 Å². The van der Waals surface area contributed by atoms with E-state index in [0.29, 0.717) is 29.1 Å². The van der Waals surface area contributed by atoms with Crippen LogP contribution in [0.3, 0.4) is 0 Å². The van der Waals surface area contributed by atoms with Crippen molar-refractivity contribution in [3.8, 4) is 23.4 Å².